The first-order valence-electron chi connectivity index (χ1n) is 16.0. The molecular formula is C34H38N2O14. The Balaban J connectivity index is 1.29. The maximum Gasteiger partial charge on any atom is 0.237 e. The van der Waals surface area contributed by atoms with Gasteiger partial charge in [-0.1, -0.05) is 18.2 Å². The number of ketones is 3. The number of fused-ring (bicyclic) bond motifs is 3. The Morgan fingerprint density at radius 2 is 1.82 bits per heavy atom. The predicted octanol–water partition coefficient (Wildman–Crippen LogP) is 0.681. The molecule has 1 saturated heterocycles. The zero-order valence-electron chi connectivity index (χ0n) is 27.2. The number of hydrogen-bond donors (Lipinski definition) is 7. The molecule has 6 atom stereocenters. The molecule has 4 aliphatic rings. The van der Waals surface area contributed by atoms with Gasteiger partial charge in [0.2, 0.25) is 12.2 Å². The topological polar surface area (TPSA) is 242 Å². The van der Waals surface area contributed by atoms with Crippen molar-refractivity contribution in [2.75, 3.05) is 20.3 Å². The average Bonchev–Trinajstić information content (AvgIpc) is 3.08. The van der Waals surface area contributed by atoms with Gasteiger partial charge in [-0.3, -0.25) is 24.0 Å². The minimum Gasteiger partial charge on any atom is -0.507 e. The molecule has 0 saturated carbocycles. The number of carbonyl (C=O) groups is 4. The molecule has 0 radical (unpaired) electrons. The molecule has 16 nitrogen and oxygen atoms in total. The standard InChI is InChI=1S/C34H38N2O14/c1-15(38)34(46)10-19-27(33(45)29-28(31(19)43)30(42)18-5-3-4-16(13-37)26(18)32(29)44)22(11-34)50-25-9-20(21(40)14-49-25)35-23(41)12-36(47-2)24-8-17(39)6-7-48-24/h3-5,14,17,20,22,24-25,37,39-40,43,45-46H,6-13H2,1-2H3,(H,35,41)/t17?,20-,22+,24-,25+,34+/m1/s1. The second-order valence-corrected chi connectivity index (χ2v) is 12.8. The summed E-state index contributed by atoms with van der Waals surface area (Å²) in [5.74, 6) is -4.70. The lowest BCUT2D eigenvalue weighted by molar-refractivity contribution is -0.254. The van der Waals surface area contributed by atoms with Gasteiger partial charge in [-0.2, -0.15) is 5.06 Å². The zero-order chi connectivity index (χ0) is 36.1. The Morgan fingerprint density at radius 3 is 2.50 bits per heavy atom. The fraction of sp³-hybridized carbons (Fsp3) is 0.471. The molecule has 2 aliphatic heterocycles. The first-order chi connectivity index (χ1) is 23.8. The third-order valence-corrected chi connectivity index (χ3v) is 9.67. The number of rotatable bonds is 9. The van der Waals surface area contributed by atoms with Crippen LogP contribution in [0.4, 0.5) is 0 Å². The molecule has 0 spiro atoms. The number of carbonyl (C=O) groups excluding carboxylic acids is 4. The smallest absolute Gasteiger partial charge is 0.237 e. The highest BCUT2D eigenvalue weighted by Crippen LogP contribution is 2.52. The third kappa shape index (κ3) is 6.23. The molecule has 1 fully saturated rings. The Labute approximate surface area is 285 Å². The SMILES string of the molecule is CON(CC(=O)N[C@@H]1C[C@H](O[C@H]2C[C@](O)(C(C)=O)Cc3c(O)c4c(c(O)c32)C(=O)c2c(CO)cccc2C4=O)OC=C1O)[C@H]1CC(O)CCO1. The van der Waals surface area contributed by atoms with Gasteiger partial charge in [0.25, 0.3) is 0 Å². The van der Waals surface area contributed by atoms with Crippen LogP contribution >= 0.6 is 0 Å². The number of hydrogen-bond acceptors (Lipinski definition) is 15. The van der Waals surface area contributed by atoms with Gasteiger partial charge in [0, 0.05) is 47.9 Å². The number of amides is 1. The van der Waals surface area contributed by atoms with Gasteiger partial charge >= 0.3 is 0 Å². The van der Waals surface area contributed by atoms with Crippen LogP contribution in [0.5, 0.6) is 11.5 Å². The summed E-state index contributed by atoms with van der Waals surface area (Å²) in [5, 5.41) is 68.8. The minimum absolute atomic E-state index is 0.0955. The van der Waals surface area contributed by atoms with Crippen molar-refractivity contribution < 1.29 is 68.9 Å². The van der Waals surface area contributed by atoms with Crippen molar-refractivity contribution in [3.05, 3.63) is 69.2 Å². The van der Waals surface area contributed by atoms with Gasteiger partial charge in [-0.05, 0) is 18.9 Å². The van der Waals surface area contributed by atoms with Gasteiger partial charge in [-0.15, -0.1) is 0 Å². The van der Waals surface area contributed by atoms with Crippen molar-refractivity contribution in [3.8, 4) is 11.5 Å². The summed E-state index contributed by atoms with van der Waals surface area (Å²) in [6.07, 6.45) is -3.55. The van der Waals surface area contributed by atoms with E-state index in [9.17, 15) is 49.8 Å². The molecule has 1 unspecified atom stereocenters. The molecule has 0 aromatic heterocycles. The number of phenols is 2. The molecule has 7 N–H and O–H groups in total. The maximum atomic E-state index is 13.8. The Morgan fingerprint density at radius 1 is 1.08 bits per heavy atom. The number of aromatic hydroxyl groups is 2. The fourth-order valence-electron chi connectivity index (χ4n) is 6.99. The Kier molecular flexibility index (Phi) is 9.71. The quantitative estimate of drug-likeness (QED) is 0.120. The minimum atomic E-state index is -2.13. The summed E-state index contributed by atoms with van der Waals surface area (Å²) in [6.45, 7) is 0.503. The van der Waals surface area contributed by atoms with Crippen LogP contribution < -0.4 is 5.32 Å². The van der Waals surface area contributed by atoms with Crippen molar-refractivity contribution >= 4 is 23.3 Å². The van der Waals surface area contributed by atoms with Crippen LogP contribution in [0.1, 0.15) is 87.2 Å². The van der Waals surface area contributed by atoms with Crippen LogP contribution in [-0.4, -0.2) is 109 Å². The molecule has 2 aromatic carbocycles. The molecule has 50 heavy (non-hydrogen) atoms. The lowest BCUT2D eigenvalue weighted by atomic mass is 9.71. The van der Waals surface area contributed by atoms with Gasteiger partial charge in [0.1, 0.15) is 41.9 Å². The van der Waals surface area contributed by atoms with E-state index in [0.29, 0.717) is 6.42 Å². The van der Waals surface area contributed by atoms with E-state index in [1.807, 2.05) is 0 Å². The predicted molar refractivity (Wildman–Crippen MR) is 168 cm³/mol. The highest BCUT2D eigenvalue weighted by atomic mass is 16.7. The van der Waals surface area contributed by atoms with Crippen LogP contribution in [0.15, 0.2) is 30.2 Å². The summed E-state index contributed by atoms with van der Waals surface area (Å²) in [6, 6.07) is 3.21. The van der Waals surface area contributed by atoms with E-state index in [4.69, 9.17) is 19.0 Å². The number of hydroxylamine groups is 2. The van der Waals surface area contributed by atoms with Crippen LogP contribution in [-0.2, 0) is 41.7 Å². The number of Topliss-reactive ketones (excluding diaryl/α,β-unsaturated/α-hetero) is 1. The molecule has 1 amide bonds. The highest BCUT2D eigenvalue weighted by molar-refractivity contribution is 6.31. The number of nitrogens with one attached hydrogen (secondary N) is 1. The van der Waals surface area contributed by atoms with Crippen molar-refractivity contribution in [1.82, 2.24) is 10.4 Å². The number of benzene rings is 2. The number of nitrogens with zero attached hydrogens (tertiary/aromatic N) is 1. The van der Waals surface area contributed by atoms with E-state index in [2.05, 4.69) is 5.32 Å². The lowest BCUT2D eigenvalue weighted by Gasteiger charge is -2.40. The van der Waals surface area contributed by atoms with Crippen LogP contribution in [0.2, 0.25) is 0 Å². The van der Waals surface area contributed by atoms with Crippen molar-refractivity contribution in [2.24, 2.45) is 0 Å². The maximum absolute atomic E-state index is 13.8. The van der Waals surface area contributed by atoms with Crippen LogP contribution in [0.3, 0.4) is 0 Å². The second kappa shape index (κ2) is 13.7. The number of aliphatic hydroxyl groups is 4. The molecule has 0 bridgehead atoms. The normalized spacial score (nSPS) is 27.5. The van der Waals surface area contributed by atoms with Gasteiger partial charge in [-0.25, -0.2) is 0 Å². The molecular weight excluding hydrogens is 660 g/mol. The van der Waals surface area contributed by atoms with Crippen molar-refractivity contribution in [1.29, 1.82) is 0 Å². The second-order valence-electron chi connectivity index (χ2n) is 12.8. The highest BCUT2D eigenvalue weighted by Gasteiger charge is 2.49. The van der Waals surface area contributed by atoms with Crippen molar-refractivity contribution in [2.45, 2.75) is 82.0 Å². The molecule has 16 heteroatoms. The summed E-state index contributed by atoms with van der Waals surface area (Å²) < 4.78 is 17.3. The molecule has 2 aromatic rings. The van der Waals surface area contributed by atoms with Gasteiger partial charge < -0.3 is 50.2 Å². The van der Waals surface area contributed by atoms with Gasteiger partial charge in [0.15, 0.2) is 17.3 Å². The molecule has 268 valence electrons. The van der Waals surface area contributed by atoms with Crippen molar-refractivity contribution in [3.63, 3.8) is 0 Å². The zero-order valence-corrected chi connectivity index (χ0v) is 27.2. The van der Waals surface area contributed by atoms with E-state index in [1.165, 1.54) is 30.4 Å². The third-order valence-electron chi connectivity index (χ3n) is 9.67. The number of ether oxygens (including phenoxy) is 3. The summed E-state index contributed by atoms with van der Waals surface area (Å²) >= 11 is 0. The lowest BCUT2D eigenvalue weighted by Crippen LogP contribution is -2.50. The van der Waals surface area contributed by atoms with E-state index in [0.717, 1.165) is 13.2 Å². The van der Waals surface area contributed by atoms with E-state index in [1.54, 1.807) is 0 Å². The molecule has 6 rings (SSSR count). The summed E-state index contributed by atoms with van der Waals surface area (Å²) in [5.41, 5.74) is -3.61. The van der Waals surface area contributed by atoms with Crippen LogP contribution in [0.25, 0.3) is 0 Å². The van der Waals surface area contributed by atoms with E-state index >= 15 is 0 Å². The van der Waals surface area contributed by atoms with E-state index in [-0.39, 0.29) is 59.6 Å². The number of aliphatic hydroxyl groups excluding tert-OH is 3. The Bertz CT molecular complexity index is 1770. The molecule has 2 aliphatic carbocycles. The van der Waals surface area contributed by atoms with E-state index < -0.39 is 102 Å². The monoisotopic (exact) mass is 698 g/mol. The first-order valence-corrected chi connectivity index (χ1v) is 16.0. The average molecular weight is 699 g/mol. The molecule has 2 heterocycles. The fourth-order valence-corrected chi connectivity index (χ4v) is 6.99. The van der Waals surface area contributed by atoms with Crippen LogP contribution in [0, 0.1) is 0 Å². The first kappa shape index (κ1) is 35.4. The Hall–Kier alpha value is -4.42. The summed E-state index contributed by atoms with van der Waals surface area (Å²) in [7, 11) is 1.34. The largest absolute Gasteiger partial charge is 0.507 e. The summed E-state index contributed by atoms with van der Waals surface area (Å²) in [4.78, 5) is 58.4. The van der Waals surface area contributed by atoms with Gasteiger partial charge in [0.05, 0.1) is 49.7 Å². The number of phenolic OH excluding ortho intramolecular Hbond substituents is 2.